The van der Waals surface area contributed by atoms with Crippen LogP contribution in [0.1, 0.15) is 31.4 Å². The minimum Gasteiger partial charge on any atom is -0.481 e. The first-order chi connectivity index (χ1) is 14.3. The molecule has 1 N–H and O–H groups in total. The molecule has 152 valence electrons. The maximum atomic E-state index is 12.6. The number of carbonyl (C=O) groups is 1. The summed E-state index contributed by atoms with van der Waals surface area (Å²) in [5.41, 5.74) is -1.13. The molecule has 0 bridgehead atoms. The molecule has 0 saturated carbocycles. The Labute approximate surface area is 181 Å². The minimum absolute atomic E-state index is 0.00716. The Morgan fingerprint density at radius 2 is 1.60 bits per heavy atom. The van der Waals surface area contributed by atoms with Crippen LogP contribution in [0.4, 0.5) is 0 Å². The SMILES string of the molecule is CC(CC#N)(c1cccc(Oc2ccccc2)c1)C(C)(C(=O)O)c1ccc(Cl)cc1. The average molecular weight is 420 g/mol. The van der Waals surface area contributed by atoms with Gasteiger partial charge in [-0.2, -0.15) is 5.26 Å². The van der Waals surface area contributed by atoms with Gasteiger partial charge in [0.05, 0.1) is 6.07 Å². The quantitative estimate of drug-likeness (QED) is 0.484. The topological polar surface area (TPSA) is 70.3 Å². The van der Waals surface area contributed by atoms with Crippen LogP contribution in [-0.2, 0) is 15.6 Å². The lowest BCUT2D eigenvalue weighted by Crippen LogP contribution is -2.50. The van der Waals surface area contributed by atoms with Crippen molar-refractivity contribution in [1.29, 1.82) is 5.26 Å². The number of benzene rings is 3. The Hall–Kier alpha value is -3.29. The van der Waals surface area contributed by atoms with Gasteiger partial charge in [0.2, 0.25) is 0 Å². The molecule has 5 heteroatoms. The van der Waals surface area contributed by atoms with E-state index < -0.39 is 16.8 Å². The van der Waals surface area contributed by atoms with Crippen molar-refractivity contribution in [3.8, 4) is 17.6 Å². The van der Waals surface area contributed by atoms with Crippen molar-refractivity contribution < 1.29 is 14.6 Å². The summed E-state index contributed by atoms with van der Waals surface area (Å²) in [5.74, 6) is 0.235. The van der Waals surface area contributed by atoms with Gasteiger partial charge in [-0.05, 0) is 54.4 Å². The summed E-state index contributed by atoms with van der Waals surface area (Å²) in [6.07, 6.45) is 0.00716. The standard InChI is InChI=1S/C25H22ClNO3/c1-24(15-16-27,25(2,23(28)29)18-11-13-20(26)14-12-18)19-7-6-10-22(17-19)30-21-8-4-3-5-9-21/h3-14,17H,15H2,1-2H3,(H,28,29). The summed E-state index contributed by atoms with van der Waals surface area (Å²) in [7, 11) is 0. The number of halogens is 1. The van der Waals surface area contributed by atoms with Gasteiger partial charge < -0.3 is 9.84 Å². The highest BCUT2D eigenvalue weighted by molar-refractivity contribution is 6.30. The average Bonchev–Trinajstić information content (AvgIpc) is 2.74. The van der Waals surface area contributed by atoms with Crippen LogP contribution in [0.25, 0.3) is 0 Å². The van der Waals surface area contributed by atoms with Gasteiger partial charge in [-0.15, -0.1) is 0 Å². The third-order valence-electron chi connectivity index (χ3n) is 5.84. The monoisotopic (exact) mass is 419 g/mol. The van der Waals surface area contributed by atoms with Crippen molar-refractivity contribution >= 4 is 17.6 Å². The van der Waals surface area contributed by atoms with Crippen molar-refractivity contribution in [2.75, 3.05) is 0 Å². The number of ether oxygens (including phenoxy) is 1. The largest absolute Gasteiger partial charge is 0.481 e. The van der Waals surface area contributed by atoms with Crippen LogP contribution in [0.5, 0.6) is 11.5 Å². The summed E-state index contributed by atoms with van der Waals surface area (Å²) in [4.78, 5) is 12.6. The summed E-state index contributed by atoms with van der Waals surface area (Å²) in [5, 5.41) is 20.4. The van der Waals surface area contributed by atoms with Gasteiger partial charge in [0, 0.05) is 16.9 Å². The number of nitrogens with zero attached hydrogens (tertiary/aromatic N) is 1. The molecule has 0 fully saturated rings. The highest BCUT2D eigenvalue weighted by atomic mass is 35.5. The maximum absolute atomic E-state index is 12.6. The zero-order chi connectivity index (χ0) is 21.8. The summed E-state index contributed by atoms with van der Waals surface area (Å²) >= 11 is 6.02. The van der Waals surface area contributed by atoms with Crippen molar-refractivity contribution in [3.05, 3.63) is 95.0 Å². The Morgan fingerprint density at radius 1 is 0.967 bits per heavy atom. The van der Waals surface area contributed by atoms with E-state index in [1.807, 2.05) is 48.5 Å². The highest BCUT2D eigenvalue weighted by Crippen LogP contribution is 2.47. The third kappa shape index (κ3) is 3.90. The number of para-hydroxylation sites is 1. The van der Waals surface area contributed by atoms with Crippen molar-refractivity contribution in [2.24, 2.45) is 0 Å². The zero-order valence-corrected chi connectivity index (χ0v) is 17.6. The predicted molar refractivity (Wildman–Crippen MR) is 117 cm³/mol. The highest BCUT2D eigenvalue weighted by Gasteiger charge is 2.52. The van der Waals surface area contributed by atoms with Gasteiger partial charge in [-0.3, -0.25) is 4.79 Å². The molecule has 0 heterocycles. The molecule has 3 aromatic rings. The lowest BCUT2D eigenvalue weighted by molar-refractivity contribution is -0.146. The van der Waals surface area contributed by atoms with Crippen molar-refractivity contribution in [2.45, 2.75) is 31.1 Å². The lowest BCUT2D eigenvalue weighted by Gasteiger charge is -2.43. The van der Waals surface area contributed by atoms with Crippen molar-refractivity contribution in [1.82, 2.24) is 0 Å². The van der Waals surface area contributed by atoms with E-state index >= 15 is 0 Å². The summed E-state index contributed by atoms with van der Waals surface area (Å²) in [6.45, 7) is 3.46. The lowest BCUT2D eigenvalue weighted by atomic mass is 9.57. The van der Waals surface area contributed by atoms with E-state index in [-0.39, 0.29) is 6.42 Å². The van der Waals surface area contributed by atoms with Gasteiger partial charge in [-0.1, -0.05) is 61.0 Å². The molecule has 4 nitrogen and oxygen atoms in total. The third-order valence-corrected chi connectivity index (χ3v) is 6.09. The van der Waals surface area contributed by atoms with E-state index in [1.54, 1.807) is 44.2 Å². The molecule has 0 amide bonds. The van der Waals surface area contributed by atoms with Crippen LogP contribution in [-0.4, -0.2) is 11.1 Å². The number of rotatable bonds is 7. The predicted octanol–water partition coefficient (Wildman–Crippen LogP) is 6.35. The van der Waals surface area contributed by atoms with E-state index in [0.29, 0.717) is 27.6 Å². The second-order valence-corrected chi connectivity index (χ2v) is 7.98. The number of hydrogen-bond acceptors (Lipinski definition) is 3. The first-order valence-electron chi connectivity index (χ1n) is 9.51. The number of aliphatic carboxylic acids is 1. The summed E-state index contributed by atoms with van der Waals surface area (Å²) < 4.78 is 5.94. The maximum Gasteiger partial charge on any atom is 0.314 e. The van der Waals surface area contributed by atoms with Gasteiger partial charge >= 0.3 is 5.97 Å². The van der Waals surface area contributed by atoms with Gasteiger partial charge in [-0.25, -0.2) is 0 Å². The smallest absolute Gasteiger partial charge is 0.314 e. The normalized spacial score (nSPS) is 14.7. The van der Waals surface area contributed by atoms with Crippen molar-refractivity contribution in [3.63, 3.8) is 0 Å². The van der Waals surface area contributed by atoms with E-state index in [2.05, 4.69) is 6.07 Å². The fourth-order valence-corrected chi connectivity index (χ4v) is 3.84. The number of carboxylic acids is 1. The second kappa shape index (κ2) is 8.61. The van der Waals surface area contributed by atoms with E-state index in [9.17, 15) is 15.2 Å². The van der Waals surface area contributed by atoms with Gasteiger partial charge in [0.1, 0.15) is 16.9 Å². The van der Waals surface area contributed by atoms with Crippen LogP contribution in [0.2, 0.25) is 5.02 Å². The number of carboxylic acid groups (broad SMARTS) is 1. The fraction of sp³-hybridized carbons (Fsp3) is 0.200. The van der Waals surface area contributed by atoms with E-state index in [0.717, 1.165) is 0 Å². The molecule has 3 rings (SSSR count). The molecule has 0 spiro atoms. The Balaban J connectivity index is 2.12. The van der Waals surface area contributed by atoms with E-state index in [4.69, 9.17) is 16.3 Å². The molecule has 0 aliphatic rings. The van der Waals surface area contributed by atoms with Crippen LogP contribution in [0.15, 0.2) is 78.9 Å². The zero-order valence-electron chi connectivity index (χ0n) is 16.8. The summed E-state index contributed by atoms with van der Waals surface area (Å²) in [6, 6.07) is 25.5. The molecule has 2 atom stereocenters. The fourth-order valence-electron chi connectivity index (χ4n) is 3.71. The van der Waals surface area contributed by atoms with Crippen LogP contribution in [0, 0.1) is 11.3 Å². The number of hydrogen-bond donors (Lipinski definition) is 1. The molecular weight excluding hydrogens is 398 g/mol. The molecule has 0 aliphatic heterocycles. The molecular formula is C25H22ClNO3. The molecule has 30 heavy (non-hydrogen) atoms. The van der Waals surface area contributed by atoms with E-state index in [1.165, 1.54) is 0 Å². The molecule has 0 aliphatic carbocycles. The first kappa shape index (κ1) is 21.4. The Kier molecular flexibility index (Phi) is 6.14. The van der Waals surface area contributed by atoms with Gasteiger partial charge in [0.15, 0.2) is 0 Å². The van der Waals surface area contributed by atoms with Crippen LogP contribution in [0.3, 0.4) is 0 Å². The van der Waals surface area contributed by atoms with Crippen LogP contribution < -0.4 is 4.74 Å². The Morgan fingerprint density at radius 3 is 2.20 bits per heavy atom. The molecule has 0 aromatic heterocycles. The van der Waals surface area contributed by atoms with Crippen LogP contribution >= 0.6 is 11.6 Å². The molecule has 0 saturated heterocycles. The number of nitriles is 1. The molecule has 2 unspecified atom stereocenters. The Bertz CT molecular complexity index is 1080. The second-order valence-electron chi connectivity index (χ2n) is 7.55. The molecule has 0 radical (unpaired) electrons. The van der Waals surface area contributed by atoms with Gasteiger partial charge in [0.25, 0.3) is 0 Å². The molecule has 3 aromatic carbocycles. The first-order valence-corrected chi connectivity index (χ1v) is 9.89. The minimum atomic E-state index is -1.38.